The molecule has 0 aliphatic heterocycles. The molecule has 0 spiro atoms. The van der Waals surface area contributed by atoms with E-state index in [0.717, 1.165) is 6.42 Å². The fourth-order valence-electron chi connectivity index (χ4n) is 1.23. The van der Waals surface area contributed by atoms with Crippen molar-refractivity contribution < 1.29 is 9.90 Å². The number of aromatic nitrogens is 3. The molecular formula is C9H16N4O3S. The Bertz CT molecular complexity index is 428. The number of carboxylic acids is 1. The summed E-state index contributed by atoms with van der Waals surface area (Å²) in [6, 6.07) is -0.868. The highest BCUT2D eigenvalue weighted by atomic mass is 32.2. The molecule has 17 heavy (non-hydrogen) atoms. The van der Waals surface area contributed by atoms with Crippen LogP contribution < -0.4 is 11.4 Å². The minimum absolute atomic E-state index is 0.239. The fraction of sp³-hybridized carbons (Fsp3) is 0.667. The molecule has 0 fully saturated rings. The minimum atomic E-state index is -1.02. The number of thioether (sulfide) groups is 1. The summed E-state index contributed by atoms with van der Waals surface area (Å²) in [6.45, 7) is 2.57. The van der Waals surface area contributed by atoms with Crippen LogP contribution in [0.25, 0.3) is 0 Å². The lowest BCUT2D eigenvalue weighted by atomic mass is 10.2. The second-order valence-corrected chi connectivity index (χ2v) is 4.61. The summed E-state index contributed by atoms with van der Waals surface area (Å²) in [6.07, 6.45) is 1.18. The van der Waals surface area contributed by atoms with Gasteiger partial charge in [0.2, 0.25) is 0 Å². The van der Waals surface area contributed by atoms with Crippen molar-refractivity contribution >= 4 is 17.7 Å². The molecule has 0 saturated carbocycles. The van der Waals surface area contributed by atoms with Crippen molar-refractivity contribution in [2.75, 3.05) is 5.75 Å². The Kier molecular flexibility index (Phi) is 5.23. The van der Waals surface area contributed by atoms with Gasteiger partial charge in [-0.25, -0.2) is 9.89 Å². The quantitative estimate of drug-likeness (QED) is 0.589. The van der Waals surface area contributed by atoms with Gasteiger partial charge in [-0.05, 0) is 12.8 Å². The summed E-state index contributed by atoms with van der Waals surface area (Å²) < 4.78 is 1.54. The molecule has 8 heteroatoms. The molecule has 1 aromatic rings. The Hall–Kier alpha value is -1.28. The lowest BCUT2D eigenvalue weighted by Gasteiger charge is -2.06. The van der Waals surface area contributed by atoms with Crippen molar-refractivity contribution in [3.63, 3.8) is 0 Å². The number of nitrogens with two attached hydrogens (primary N) is 1. The molecular weight excluding hydrogens is 244 g/mol. The van der Waals surface area contributed by atoms with E-state index in [4.69, 9.17) is 10.8 Å². The van der Waals surface area contributed by atoms with Crippen molar-refractivity contribution in [3.05, 3.63) is 10.5 Å². The molecule has 96 valence electrons. The van der Waals surface area contributed by atoms with E-state index in [1.165, 1.54) is 16.3 Å². The number of carboxylic acid groups (broad SMARTS) is 1. The molecule has 1 unspecified atom stereocenters. The van der Waals surface area contributed by atoms with E-state index < -0.39 is 12.0 Å². The third-order valence-electron chi connectivity index (χ3n) is 2.15. The van der Waals surface area contributed by atoms with E-state index in [-0.39, 0.29) is 5.69 Å². The number of carbonyl (C=O) groups is 1. The maximum atomic E-state index is 11.3. The molecule has 0 aliphatic carbocycles. The summed E-state index contributed by atoms with van der Waals surface area (Å²) in [7, 11) is 0. The average molecular weight is 260 g/mol. The van der Waals surface area contributed by atoms with Crippen molar-refractivity contribution in [1.29, 1.82) is 0 Å². The summed E-state index contributed by atoms with van der Waals surface area (Å²) in [5.41, 5.74) is 5.13. The number of nitrogens with zero attached hydrogens (tertiary/aromatic N) is 2. The van der Waals surface area contributed by atoms with Crippen LogP contribution in [-0.4, -0.2) is 37.6 Å². The van der Waals surface area contributed by atoms with Crippen LogP contribution >= 0.6 is 11.8 Å². The van der Waals surface area contributed by atoms with Crippen LogP contribution in [0.2, 0.25) is 0 Å². The largest absolute Gasteiger partial charge is 0.480 e. The number of H-pyrrole nitrogens is 1. The van der Waals surface area contributed by atoms with E-state index in [0.29, 0.717) is 23.9 Å². The predicted octanol–water partition coefficient (Wildman–Crippen LogP) is -0.124. The lowest BCUT2D eigenvalue weighted by molar-refractivity contribution is -0.138. The first-order valence-electron chi connectivity index (χ1n) is 5.32. The van der Waals surface area contributed by atoms with Gasteiger partial charge < -0.3 is 10.8 Å². The third kappa shape index (κ3) is 3.90. The molecule has 1 atom stereocenters. The normalized spacial score (nSPS) is 12.6. The Labute approximate surface area is 102 Å². The van der Waals surface area contributed by atoms with Gasteiger partial charge >= 0.3 is 11.7 Å². The monoisotopic (exact) mass is 260 g/mol. The molecule has 0 aromatic carbocycles. The van der Waals surface area contributed by atoms with E-state index >= 15 is 0 Å². The van der Waals surface area contributed by atoms with Gasteiger partial charge in [-0.1, -0.05) is 18.7 Å². The first kappa shape index (κ1) is 13.8. The predicted molar refractivity (Wildman–Crippen MR) is 64.1 cm³/mol. The van der Waals surface area contributed by atoms with E-state index in [1.807, 2.05) is 6.92 Å². The first-order chi connectivity index (χ1) is 8.06. The standard InChI is InChI=1S/C9H16N4O3S/c1-2-4-13-8(16)11-12-9(13)17-5-3-6(10)7(14)15/h6H,2-5,10H2,1H3,(H,11,16)(H,14,15). The number of aromatic amines is 1. The van der Waals surface area contributed by atoms with Gasteiger partial charge in [0.05, 0.1) is 0 Å². The average Bonchev–Trinajstić information content (AvgIpc) is 2.61. The molecule has 0 bridgehead atoms. The van der Waals surface area contributed by atoms with Gasteiger partial charge in [0.25, 0.3) is 0 Å². The molecule has 1 aromatic heterocycles. The number of aliphatic carboxylic acids is 1. The molecule has 4 N–H and O–H groups in total. The second kappa shape index (κ2) is 6.45. The Morgan fingerprint density at radius 1 is 1.71 bits per heavy atom. The zero-order valence-corrected chi connectivity index (χ0v) is 10.4. The van der Waals surface area contributed by atoms with Gasteiger partial charge in [0, 0.05) is 12.3 Å². The maximum Gasteiger partial charge on any atom is 0.343 e. The Morgan fingerprint density at radius 2 is 2.41 bits per heavy atom. The Balaban J connectivity index is 2.52. The second-order valence-electron chi connectivity index (χ2n) is 3.54. The lowest BCUT2D eigenvalue weighted by Crippen LogP contribution is -2.30. The summed E-state index contributed by atoms with van der Waals surface area (Å²) in [5.74, 6) is -0.500. The van der Waals surface area contributed by atoms with Crippen LogP contribution in [-0.2, 0) is 11.3 Å². The van der Waals surface area contributed by atoms with Crippen molar-refractivity contribution in [3.8, 4) is 0 Å². The van der Waals surface area contributed by atoms with Crippen molar-refractivity contribution in [2.45, 2.75) is 37.5 Å². The van der Waals surface area contributed by atoms with Crippen LogP contribution in [0.1, 0.15) is 19.8 Å². The number of hydrogen-bond acceptors (Lipinski definition) is 5. The van der Waals surface area contributed by atoms with Crippen LogP contribution in [0.3, 0.4) is 0 Å². The maximum absolute atomic E-state index is 11.3. The van der Waals surface area contributed by atoms with E-state index in [9.17, 15) is 9.59 Å². The van der Waals surface area contributed by atoms with Gasteiger partial charge in [-0.2, -0.15) is 0 Å². The highest BCUT2D eigenvalue weighted by Gasteiger charge is 2.13. The molecule has 0 aliphatic rings. The van der Waals surface area contributed by atoms with Crippen LogP contribution in [0.15, 0.2) is 9.95 Å². The molecule has 0 saturated heterocycles. The number of nitrogens with one attached hydrogen (secondary N) is 1. The molecule has 7 nitrogen and oxygen atoms in total. The molecule has 0 amide bonds. The smallest absolute Gasteiger partial charge is 0.343 e. The SMILES string of the molecule is CCCn1c(SCCC(N)C(=O)O)n[nH]c1=O. The molecule has 1 rings (SSSR count). The highest BCUT2D eigenvalue weighted by Crippen LogP contribution is 2.15. The van der Waals surface area contributed by atoms with Gasteiger partial charge in [-0.3, -0.25) is 9.36 Å². The minimum Gasteiger partial charge on any atom is -0.480 e. The van der Waals surface area contributed by atoms with Crippen LogP contribution in [0.5, 0.6) is 0 Å². The van der Waals surface area contributed by atoms with Crippen LogP contribution in [0.4, 0.5) is 0 Å². The van der Waals surface area contributed by atoms with Gasteiger partial charge in [0.1, 0.15) is 6.04 Å². The summed E-state index contributed by atoms with van der Waals surface area (Å²) in [5, 5.41) is 15.4. The molecule has 1 heterocycles. The first-order valence-corrected chi connectivity index (χ1v) is 6.31. The van der Waals surface area contributed by atoms with Gasteiger partial charge in [0.15, 0.2) is 5.16 Å². The van der Waals surface area contributed by atoms with E-state index in [2.05, 4.69) is 10.2 Å². The highest BCUT2D eigenvalue weighted by molar-refractivity contribution is 7.99. The topological polar surface area (TPSA) is 114 Å². The zero-order valence-electron chi connectivity index (χ0n) is 9.55. The summed E-state index contributed by atoms with van der Waals surface area (Å²) in [4.78, 5) is 21.9. The third-order valence-corrected chi connectivity index (χ3v) is 3.16. The van der Waals surface area contributed by atoms with Crippen molar-refractivity contribution in [1.82, 2.24) is 14.8 Å². The van der Waals surface area contributed by atoms with E-state index in [1.54, 1.807) is 0 Å². The number of hydrogen-bond donors (Lipinski definition) is 3. The Morgan fingerprint density at radius 3 is 3.00 bits per heavy atom. The van der Waals surface area contributed by atoms with Gasteiger partial charge in [-0.15, -0.1) is 5.10 Å². The zero-order chi connectivity index (χ0) is 12.8. The number of rotatable bonds is 7. The summed E-state index contributed by atoms with van der Waals surface area (Å²) >= 11 is 1.33. The van der Waals surface area contributed by atoms with Crippen LogP contribution in [0, 0.1) is 0 Å². The fourth-order valence-corrected chi connectivity index (χ4v) is 2.23. The van der Waals surface area contributed by atoms with Crippen molar-refractivity contribution in [2.24, 2.45) is 5.73 Å². The molecule has 0 radical (unpaired) electrons.